The summed E-state index contributed by atoms with van der Waals surface area (Å²) in [5.41, 5.74) is 0. The van der Waals surface area contributed by atoms with Crippen LogP contribution >= 0.6 is 0 Å². The maximum atomic E-state index is 3.95. The highest BCUT2D eigenvalue weighted by Crippen LogP contribution is 2.12. The van der Waals surface area contributed by atoms with Crippen LogP contribution in [-0.4, -0.2) is 12.8 Å². The van der Waals surface area contributed by atoms with E-state index in [1.54, 1.807) is 0 Å². The van der Waals surface area contributed by atoms with E-state index in [2.05, 4.69) is 23.9 Å². The quantitative estimate of drug-likeness (QED) is 0.359. The second-order valence-corrected chi connectivity index (χ2v) is 2.12. The van der Waals surface area contributed by atoms with Crippen molar-refractivity contribution in [2.45, 2.75) is 25.3 Å². The van der Waals surface area contributed by atoms with E-state index < -0.39 is 0 Å². The summed E-state index contributed by atoms with van der Waals surface area (Å²) in [6.07, 6.45) is 7.87. The second-order valence-electron chi connectivity index (χ2n) is 2.12. The summed E-state index contributed by atoms with van der Waals surface area (Å²) < 4.78 is 0. The van der Waals surface area contributed by atoms with Gasteiger partial charge in [-0.2, -0.15) is 0 Å². The molecule has 0 aromatic carbocycles. The molecular formula is C7H11N. The largest absolute Gasteiger partial charge is 0.297 e. The molecule has 0 N–H and O–H groups in total. The fourth-order valence-corrected chi connectivity index (χ4v) is 0.943. The fraction of sp³-hybridized carbons (Fsp3) is 0.571. The van der Waals surface area contributed by atoms with Crippen molar-refractivity contribution in [1.82, 2.24) is 0 Å². The minimum absolute atomic E-state index is 0.514. The Morgan fingerprint density at radius 2 is 2.38 bits per heavy atom. The normalized spacial score (nSPS) is 27.8. The molecule has 1 aliphatic carbocycles. The van der Waals surface area contributed by atoms with Crippen LogP contribution in [0.15, 0.2) is 17.1 Å². The second kappa shape index (κ2) is 2.65. The van der Waals surface area contributed by atoms with Gasteiger partial charge in [-0.3, -0.25) is 4.99 Å². The Labute approximate surface area is 50.1 Å². The number of hydrogen-bond donors (Lipinski definition) is 0. The highest BCUT2D eigenvalue weighted by Gasteiger charge is 2.04. The first-order valence-electron chi connectivity index (χ1n) is 3.04. The Bertz CT molecular complexity index is 105. The third-order valence-electron chi connectivity index (χ3n) is 1.50. The molecule has 1 atom stereocenters. The highest BCUT2D eigenvalue weighted by molar-refractivity contribution is 5.24. The third kappa shape index (κ3) is 1.19. The zero-order valence-electron chi connectivity index (χ0n) is 5.01. The van der Waals surface area contributed by atoms with E-state index in [4.69, 9.17) is 0 Å². The van der Waals surface area contributed by atoms with E-state index in [1.165, 1.54) is 12.8 Å². The standard InChI is InChI=1S/C7H11N/c1-8-7-5-3-2-4-6-7/h2-3,7H,1,4-6H2. The topological polar surface area (TPSA) is 12.4 Å². The lowest BCUT2D eigenvalue weighted by Crippen LogP contribution is -2.04. The van der Waals surface area contributed by atoms with Crippen LogP contribution in [0.25, 0.3) is 0 Å². The Kier molecular flexibility index (Phi) is 1.84. The van der Waals surface area contributed by atoms with Gasteiger partial charge < -0.3 is 0 Å². The number of hydrogen-bond acceptors (Lipinski definition) is 1. The van der Waals surface area contributed by atoms with E-state index >= 15 is 0 Å². The van der Waals surface area contributed by atoms with Crippen LogP contribution < -0.4 is 0 Å². The summed E-state index contributed by atoms with van der Waals surface area (Å²) in [7, 11) is 0. The average Bonchev–Trinajstić information content (AvgIpc) is 1.90. The lowest BCUT2D eigenvalue weighted by Gasteiger charge is -2.10. The van der Waals surface area contributed by atoms with Crippen molar-refractivity contribution in [3.8, 4) is 0 Å². The minimum Gasteiger partial charge on any atom is -0.297 e. The van der Waals surface area contributed by atoms with Crippen molar-refractivity contribution in [3.05, 3.63) is 12.2 Å². The van der Waals surface area contributed by atoms with Crippen molar-refractivity contribution in [1.29, 1.82) is 0 Å². The molecule has 1 aliphatic rings. The number of rotatable bonds is 1. The van der Waals surface area contributed by atoms with E-state index in [-0.39, 0.29) is 0 Å². The smallest absolute Gasteiger partial charge is 0.0529 e. The van der Waals surface area contributed by atoms with Gasteiger partial charge in [0.1, 0.15) is 0 Å². The van der Waals surface area contributed by atoms with Crippen LogP contribution in [-0.2, 0) is 0 Å². The molecule has 1 nitrogen and oxygen atoms in total. The van der Waals surface area contributed by atoms with Gasteiger partial charge in [0.05, 0.1) is 6.04 Å². The number of allylic oxidation sites excluding steroid dienone is 1. The van der Waals surface area contributed by atoms with Gasteiger partial charge in [-0.1, -0.05) is 12.2 Å². The van der Waals surface area contributed by atoms with E-state index in [0.29, 0.717) is 6.04 Å². The van der Waals surface area contributed by atoms with Crippen molar-refractivity contribution in [2.75, 3.05) is 0 Å². The van der Waals surface area contributed by atoms with Gasteiger partial charge in [-0.05, 0) is 26.0 Å². The Morgan fingerprint density at radius 3 is 2.75 bits per heavy atom. The summed E-state index contributed by atoms with van der Waals surface area (Å²) in [5, 5.41) is 0. The lowest BCUT2D eigenvalue weighted by atomic mass is 10.0. The van der Waals surface area contributed by atoms with Crippen molar-refractivity contribution in [3.63, 3.8) is 0 Å². The molecule has 0 saturated heterocycles. The van der Waals surface area contributed by atoms with E-state index in [1.807, 2.05) is 0 Å². The summed E-state index contributed by atoms with van der Waals surface area (Å²) in [6.45, 7) is 3.50. The van der Waals surface area contributed by atoms with E-state index in [0.717, 1.165) is 6.42 Å². The van der Waals surface area contributed by atoms with Gasteiger partial charge in [0.25, 0.3) is 0 Å². The summed E-state index contributed by atoms with van der Waals surface area (Å²) in [5.74, 6) is 0. The zero-order chi connectivity index (χ0) is 5.82. The first-order valence-corrected chi connectivity index (χ1v) is 3.04. The Balaban J connectivity index is 2.37. The molecule has 1 unspecified atom stereocenters. The Morgan fingerprint density at radius 1 is 1.50 bits per heavy atom. The summed E-state index contributed by atoms with van der Waals surface area (Å²) in [4.78, 5) is 3.95. The van der Waals surface area contributed by atoms with Gasteiger partial charge in [0.15, 0.2) is 0 Å². The van der Waals surface area contributed by atoms with Crippen molar-refractivity contribution >= 4 is 6.72 Å². The fourth-order valence-electron chi connectivity index (χ4n) is 0.943. The molecule has 0 fully saturated rings. The maximum Gasteiger partial charge on any atom is 0.0529 e. The van der Waals surface area contributed by atoms with Crippen LogP contribution in [0.5, 0.6) is 0 Å². The zero-order valence-corrected chi connectivity index (χ0v) is 5.01. The molecule has 1 rings (SSSR count). The third-order valence-corrected chi connectivity index (χ3v) is 1.50. The predicted molar refractivity (Wildman–Crippen MR) is 36.3 cm³/mol. The summed E-state index contributed by atoms with van der Waals surface area (Å²) in [6, 6.07) is 0.514. The molecule has 0 aromatic heterocycles. The van der Waals surface area contributed by atoms with Gasteiger partial charge in [0.2, 0.25) is 0 Å². The molecule has 0 saturated carbocycles. The predicted octanol–water partition coefficient (Wildman–Crippen LogP) is 1.80. The molecule has 0 aromatic rings. The first-order chi connectivity index (χ1) is 3.93. The highest BCUT2D eigenvalue weighted by atomic mass is 14.7. The molecule has 0 radical (unpaired) electrons. The molecule has 0 aliphatic heterocycles. The molecule has 0 spiro atoms. The van der Waals surface area contributed by atoms with Crippen molar-refractivity contribution in [2.24, 2.45) is 4.99 Å². The summed E-state index contributed by atoms with van der Waals surface area (Å²) >= 11 is 0. The number of aliphatic imine (C=N–C) groups is 1. The lowest BCUT2D eigenvalue weighted by molar-refractivity contribution is 0.613. The maximum absolute atomic E-state index is 3.95. The minimum atomic E-state index is 0.514. The van der Waals surface area contributed by atoms with E-state index in [9.17, 15) is 0 Å². The SMILES string of the molecule is C=NC1CC=CCC1. The Hall–Kier alpha value is -0.590. The molecule has 0 amide bonds. The molecule has 0 heterocycles. The van der Waals surface area contributed by atoms with Crippen LogP contribution in [0, 0.1) is 0 Å². The average molecular weight is 109 g/mol. The molecular weight excluding hydrogens is 98.1 g/mol. The molecule has 8 heavy (non-hydrogen) atoms. The molecule has 0 bridgehead atoms. The molecule has 1 heteroatoms. The van der Waals surface area contributed by atoms with Crippen LogP contribution in [0.4, 0.5) is 0 Å². The van der Waals surface area contributed by atoms with Gasteiger partial charge in [-0.25, -0.2) is 0 Å². The molecule has 44 valence electrons. The monoisotopic (exact) mass is 109 g/mol. The van der Waals surface area contributed by atoms with Gasteiger partial charge >= 0.3 is 0 Å². The van der Waals surface area contributed by atoms with Crippen molar-refractivity contribution < 1.29 is 0 Å². The van der Waals surface area contributed by atoms with Crippen LogP contribution in [0.2, 0.25) is 0 Å². The van der Waals surface area contributed by atoms with Gasteiger partial charge in [0, 0.05) is 0 Å². The van der Waals surface area contributed by atoms with Gasteiger partial charge in [-0.15, -0.1) is 0 Å². The van der Waals surface area contributed by atoms with Crippen LogP contribution in [0.1, 0.15) is 19.3 Å². The number of nitrogens with zero attached hydrogens (tertiary/aromatic N) is 1. The van der Waals surface area contributed by atoms with Crippen LogP contribution in [0.3, 0.4) is 0 Å². The first kappa shape index (κ1) is 5.54.